The van der Waals surface area contributed by atoms with Gasteiger partial charge in [-0.25, -0.2) is 0 Å². The highest BCUT2D eigenvalue weighted by atomic mass is 32.1. The van der Waals surface area contributed by atoms with E-state index < -0.39 is 0 Å². The van der Waals surface area contributed by atoms with Crippen molar-refractivity contribution in [2.24, 2.45) is 0 Å². The Hall–Kier alpha value is -1.66. The zero-order valence-electron chi connectivity index (χ0n) is 15.2. The minimum Gasteiger partial charge on any atom is -0.489 e. The molecule has 140 valence electrons. The zero-order valence-corrected chi connectivity index (χ0v) is 16.0. The lowest BCUT2D eigenvalue weighted by molar-refractivity contribution is 0.0502. The number of nitrogens with zero attached hydrogens (tertiary/aromatic N) is 2. The molecule has 0 bridgehead atoms. The maximum absolute atomic E-state index is 9.51. The van der Waals surface area contributed by atoms with Crippen LogP contribution < -0.4 is 4.74 Å². The molecule has 1 aliphatic rings. The Labute approximate surface area is 160 Å². The van der Waals surface area contributed by atoms with Crippen molar-refractivity contribution in [2.75, 3.05) is 32.8 Å². The minimum absolute atomic E-state index is 0.235. The number of aliphatic hydroxyl groups is 1. The Morgan fingerprint density at radius 2 is 2.08 bits per heavy atom. The number of rotatable bonds is 9. The van der Waals surface area contributed by atoms with E-state index in [1.807, 2.05) is 23.5 Å². The summed E-state index contributed by atoms with van der Waals surface area (Å²) in [6.07, 6.45) is 2.59. The molecule has 5 heteroatoms. The molecule has 1 fully saturated rings. The average Bonchev–Trinajstić information content (AvgIpc) is 3.16. The van der Waals surface area contributed by atoms with Crippen LogP contribution in [0.4, 0.5) is 0 Å². The van der Waals surface area contributed by atoms with Gasteiger partial charge in [0.2, 0.25) is 0 Å². The van der Waals surface area contributed by atoms with E-state index >= 15 is 0 Å². The maximum Gasteiger partial charge on any atom is 0.124 e. The van der Waals surface area contributed by atoms with Gasteiger partial charge in [-0.1, -0.05) is 36.9 Å². The first-order valence-corrected chi connectivity index (χ1v) is 10.1. The molecule has 0 radical (unpaired) electrons. The molecule has 0 unspecified atom stereocenters. The monoisotopic (exact) mass is 372 g/mol. The fraction of sp³-hybridized carbons (Fsp3) is 0.429. The molecule has 26 heavy (non-hydrogen) atoms. The lowest BCUT2D eigenvalue weighted by atomic mass is 10.1. The molecule has 1 saturated heterocycles. The summed E-state index contributed by atoms with van der Waals surface area (Å²) in [6.45, 7) is 9.38. The summed E-state index contributed by atoms with van der Waals surface area (Å²) in [6, 6.07) is 12.9. The Kier molecular flexibility index (Phi) is 7.26. The summed E-state index contributed by atoms with van der Waals surface area (Å²) < 4.78 is 5.80. The van der Waals surface area contributed by atoms with E-state index in [1.54, 1.807) is 6.08 Å². The Morgan fingerprint density at radius 3 is 2.85 bits per heavy atom. The largest absolute Gasteiger partial charge is 0.489 e. The Balaban J connectivity index is 1.63. The third kappa shape index (κ3) is 5.17. The number of hydrogen-bond donors (Lipinski definition) is 1. The summed E-state index contributed by atoms with van der Waals surface area (Å²) in [7, 11) is 0. The molecule has 0 saturated carbocycles. The number of piperazine rings is 1. The van der Waals surface area contributed by atoms with Crippen LogP contribution in [0.2, 0.25) is 0 Å². The Morgan fingerprint density at radius 1 is 1.19 bits per heavy atom. The molecule has 0 spiro atoms. The van der Waals surface area contributed by atoms with Crippen LogP contribution in [0, 0.1) is 0 Å². The fourth-order valence-electron chi connectivity index (χ4n) is 3.50. The topological polar surface area (TPSA) is 35.9 Å². The van der Waals surface area contributed by atoms with Crippen molar-refractivity contribution in [3.63, 3.8) is 0 Å². The molecule has 0 aliphatic carbocycles. The van der Waals surface area contributed by atoms with Crippen LogP contribution in [0.1, 0.15) is 16.9 Å². The number of para-hydroxylation sites is 1. The van der Waals surface area contributed by atoms with Gasteiger partial charge in [0.05, 0.1) is 0 Å². The molecule has 4 nitrogen and oxygen atoms in total. The molecule has 2 aromatic rings. The van der Waals surface area contributed by atoms with Crippen LogP contribution in [0.25, 0.3) is 0 Å². The normalized spacial score (nSPS) is 18.7. The highest BCUT2D eigenvalue weighted by Gasteiger charge is 2.27. The van der Waals surface area contributed by atoms with Crippen LogP contribution in [-0.4, -0.2) is 53.8 Å². The SMILES string of the molecule is C=CCOc1ccccc1CN1CCN(Cc2cccs2)[C@@H](CCO)C1. The number of aliphatic hydroxyl groups excluding tert-OH is 1. The third-order valence-corrected chi connectivity index (χ3v) is 5.67. The Bertz CT molecular complexity index is 674. The zero-order chi connectivity index (χ0) is 18.2. The van der Waals surface area contributed by atoms with Gasteiger partial charge in [-0.3, -0.25) is 9.80 Å². The van der Waals surface area contributed by atoms with Crippen molar-refractivity contribution in [1.29, 1.82) is 0 Å². The molecule has 1 aromatic carbocycles. The third-order valence-electron chi connectivity index (χ3n) is 4.81. The highest BCUT2D eigenvalue weighted by molar-refractivity contribution is 7.09. The molecular weight excluding hydrogens is 344 g/mol. The van der Waals surface area contributed by atoms with Gasteiger partial charge in [-0.2, -0.15) is 0 Å². The van der Waals surface area contributed by atoms with Crippen molar-refractivity contribution >= 4 is 11.3 Å². The molecule has 1 aromatic heterocycles. The van der Waals surface area contributed by atoms with Crippen LogP contribution >= 0.6 is 11.3 Å². The van der Waals surface area contributed by atoms with Crippen molar-refractivity contribution in [1.82, 2.24) is 9.80 Å². The van der Waals surface area contributed by atoms with Gasteiger partial charge in [0.15, 0.2) is 0 Å². The molecule has 1 atom stereocenters. The number of ether oxygens (including phenoxy) is 1. The molecular formula is C21H28N2O2S. The summed E-state index contributed by atoms with van der Waals surface area (Å²) >= 11 is 1.81. The summed E-state index contributed by atoms with van der Waals surface area (Å²) in [5.41, 5.74) is 1.21. The van der Waals surface area contributed by atoms with Crippen molar-refractivity contribution in [3.05, 3.63) is 64.9 Å². The van der Waals surface area contributed by atoms with E-state index in [4.69, 9.17) is 4.74 Å². The van der Waals surface area contributed by atoms with Crippen LogP contribution in [0.3, 0.4) is 0 Å². The first kappa shape index (κ1) is 19.1. The molecule has 1 aliphatic heterocycles. The molecule has 0 amide bonds. The van der Waals surface area contributed by atoms with E-state index in [9.17, 15) is 5.11 Å². The lowest BCUT2D eigenvalue weighted by Crippen LogP contribution is -2.52. The van der Waals surface area contributed by atoms with Crippen molar-refractivity contribution < 1.29 is 9.84 Å². The first-order chi connectivity index (χ1) is 12.8. The van der Waals surface area contributed by atoms with Gasteiger partial charge >= 0.3 is 0 Å². The van der Waals surface area contributed by atoms with Crippen LogP contribution in [0.5, 0.6) is 5.75 Å². The van der Waals surface area contributed by atoms with Gasteiger partial charge in [-0.15, -0.1) is 11.3 Å². The van der Waals surface area contributed by atoms with Crippen molar-refractivity contribution in [2.45, 2.75) is 25.6 Å². The standard InChI is InChI=1S/C21H28N2O2S/c1-2-13-25-21-8-4-3-6-18(21)15-22-10-11-23(19(16-22)9-12-24)17-20-7-5-14-26-20/h2-8,14,19,24H,1,9-13,15-17H2/t19-/m0/s1. The van der Waals surface area contributed by atoms with E-state index in [0.717, 1.165) is 44.9 Å². The second-order valence-corrected chi connectivity index (χ2v) is 7.69. The summed E-state index contributed by atoms with van der Waals surface area (Å²) in [5, 5.41) is 11.6. The smallest absolute Gasteiger partial charge is 0.124 e. The van der Waals surface area contributed by atoms with Gasteiger partial charge in [0, 0.05) is 55.8 Å². The van der Waals surface area contributed by atoms with E-state index in [1.165, 1.54) is 10.4 Å². The molecule has 1 N–H and O–H groups in total. The summed E-state index contributed by atoms with van der Waals surface area (Å²) in [5.74, 6) is 0.937. The molecule has 3 rings (SSSR count). The van der Waals surface area contributed by atoms with Crippen LogP contribution in [0.15, 0.2) is 54.4 Å². The second kappa shape index (κ2) is 9.88. The van der Waals surface area contributed by atoms with Gasteiger partial charge in [0.25, 0.3) is 0 Å². The first-order valence-electron chi connectivity index (χ1n) is 9.21. The van der Waals surface area contributed by atoms with Gasteiger partial charge < -0.3 is 9.84 Å². The molecule has 2 heterocycles. The summed E-state index contributed by atoms with van der Waals surface area (Å²) in [4.78, 5) is 6.38. The second-order valence-electron chi connectivity index (χ2n) is 6.66. The fourth-order valence-corrected chi connectivity index (χ4v) is 4.23. The van der Waals surface area contributed by atoms with Crippen LogP contribution in [-0.2, 0) is 13.1 Å². The number of benzene rings is 1. The minimum atomic E-state index is 0.235. The van der Waals surface area contributed by atoms with E-state index in [2.05, 4.69) is 46.0 Å². The number of hydrogen-bond acceptors (Lipinski definition) is 5. The average molecular weight is 373 g/mol. The number of thiophene rings is 1. The highest BCUT2D eigenvalue weighted by Crippen LogP contribution is 2.24. The lowest BCUT2D eigenvalue weighted by Gasteiger charge is -2.41. The van der Waals surface area contributed by atoms with Crippen molar-refractivity contribution in [3.8, 4) is 5.75 Å². The van der Waals surface area contributed by atoms with E-state index in [0.29, 0.717) is 12.6 Å². The predicted octanol–water partition coefficient (Wildman–Crippen LogP) is 3.38. The predicted molar refractivity (Wildman–Crippen MR) is 108 cm³/mol. The maximum atomic E-state index is 9.51. The van der Waals surface area contributed by atoms with E-state index in [-0.39, 0.29) is 6.61 Å². The quantitative estimate of drug-likeness (QED) is 0.685. The van der Waals surface area contributed by atoms with Gasteiger partial charge in [0.1, 0.15) is 12.4 Å². The van der Waals surface area contributed by atoms with Gasteiger partial charge in [-0.05, 0) is 23.9 Å².